The summed E-state index contributed by atoms with van der Waals surface area (Å²) in [5.74, 6) is 0.205. The molecule has 4 nitrogen and oxygen atoms in total. The van der Waals surface area contributed by atoms with E-state index in [2.05, 4.69) is 28.0 Å². The van der Waals surface area contributed by atoms with Gasteiger partial charge < -0.3 is 9.80 Å². The molecule has 1 amide bonds. The van der Waals surface area contributed by atoms with Gasteiger partial charge in [-0.1, -0.05) is 41.9 Å². The third kappa shape index (κ3) is 3.57. The Morgan fingerprint density at radius 2 is 1.58 bits per heavy atom. The molecule has 4 rings (SSSR count). The van der Waals surface area contributed by atoms with Crippen molar-refractivity contribution in [1.82, 2.24) is 4.90 Å². The van der Waals surface area contributed by atoms with Crippen molar-refractivity contribution in [2.24, 2.45) is 0 Å². The van der Waals surface area contributed by atoms with Crippen molar-refractivity contribution in [1.29, 1.82) is 0 Å². The minimum atomic E-state index is 0.205. The summed E-state index contributed by atoms with van der Waals surface area (Å²) in [7, 11) is 0. The van der Waals surface area contributed by atoms with Crippen molar-refractivity contribution in [2.45, 2.75) is 19.4 Å². The highest BCUT2D eigenvalue weighted by atomic mass is 35.5. The molecule has 2 aromatic carbocycles. The summed E-state index contributed by atoms with van der Waals surface area (Å²) in [6, 6.07) is 16.2. The van der Waals surface area contributed by atoms with Crippen molar-refractivity contribution in [3.63, 3.8) is 0 Å². The molecule has 2 heterocycles. The summed E-state index contributed by atoms with van der Waals surface area (Å²) >= 11 is 6.35. The highest BCUT2D eigenvalue weighted by molar-refractivity contribution is 6.31. The number of rotatable bonds is 4. The molecule has 136 valence electrons. The van der Waals surface area contributed by atoms with Gasteiger partial charge in [0.15, 0.2) is 0 Å². The molecule has 1 saturated heterocycles. The Labute approximate surface area is 160 Å². The predicted octanol–water partition coefficient (Wildman–Crippen LogP) is 3.79. The number of halogens is 1. The highest BCUT2D eigenvalue weighted by Crippen LogP contribution is 2.34. The van der Waals surface area contributed by atoms with E-state index in [0.29, 0.717) is 13.1 Å². The van der Waals surface area contributed by atoms with E-state index >= 15 is 0 Å². The van der Waals surface area contributed by atoms with Crippen LogP contribution < -0.4 is 9.80 Å². The number of para-hydroxylation sites is 2. The van der Waals surface area contributed by atoms with Gasteiger partial charge >= 0.3 is 0 Å². The van der Waals surface area contributed by atoms with Crippen LogP contribution in [0.5, 0.6) is 0 Å². The minimum Gasteiger partial charge on any atom is -0.364 e. The summed E-state index contributed by atoms with van der Waals surface area (Å²) < 4.78 is 0. The quantitative estimate of drug-likeness (QED) is 0.820. The molecule has 0 spiro atoms. The van der Waals surface area contributed by atoms with Crippen LogP contribution in [-0.4, -0.2) is 43.5 Å². The SMILES string of the molecule is O=C(CN1CCCC1)N1CCN(Cc2ccccc2Cl)c2ccccc21. The predicted molar refractivity (Wildman–Crippen MR) is 107 cm³/mol. The average molecular weight is 370 g/mol. The zero-order chi connectivity index (χ0) is 17.9. The molecule has 0 saturated carbocycles. The smallest absolute Gasteiger partial charge is 0.241 e. The number of amides is 1. The fourth-order valence-corrected chi connectivity index (χ4v) is 4.09. The van der Waals surface area contributed by atoms with Gasteiger partial charge in [0.05, 0.1) is 17.9 Å². The molecule has 0 atom stereocenters. The van der Waals surface area contributed by atoms with Gasteiger partial charge in [0.2, 0.25) is 5.91 Å². The number of carbonyl (C=O) groups excluding carboxylic acids is 1. The van der Waals surface area contributed by atoms with Crippen molar-refractivity contribution >= 4 is 28.9 Å². The van der Waals surface area contributed by atoms with E-state index in [-0.39, 0.29) is 5.91 Å². The number of fused-ring (bicyclic) bond motifs is 1. The van der Waals surface area contributed by atoms with Crippen LogP contribution in [0.25, 0.3) is 0 Å². The van der Waals surface area contributed by atoms with Crippen LogP contribution in [0.4, 0.5) is 11.4 Å². The molecule has 0 aliphatic carbocycles. The van der Waals surface area contributed by atoms with Crippen LogP contribution in [0, 0.1) is 0 Å². The van der Waals surface area contributed by atoms with Gasteiger partial charge in [-0.2, -0.15) is 0 Å². The fraction of sp³-hybridized carbons (Fsp3) is 0.381. The number of hydrogen-bond donors (Lipinski definition) is 0. The van der Waals surface area contributed by atoms with Gasteiger partial charge in [-0.25, -0.2) is 0 Å². The third-order valence-corrected chi connectivity index (χ3v) is 5.65. The van der Waals surface area contributed by atoms with Gasteiger partial charge in [0.1, 0.15) is 0 Å². The summed E-state index contributed by atoms with van der Waals surface area (Å²) in [5, 5.41) is 0.789. The van der Waals surface area contributed by atoms with Gasteiger partial charge in [0, 0.05) is 24.7 Å². The van der Waals surface area contributed by atoms with Crippen molar-refractivity contribution < 1.29 is 4.79 Å². The fourth-order valence-electron chi connectivity index (χ4n) is 3.89. The third-order valence-electron chi connectivity index (χ3n) is 5.28. The Morgan fingerprint density at radius 3 is 2.35 bits per heavy atom. The number of likely N-dealkylation sites (tertiary alicyclic amines) is 1. The molecule has 2 aliphatic rings. The molecule has 0 radical (unpaired) electrons. The van der Waals surface area contributed by atoms with E-state index in [1.54, 1.807) is 0 Å². The number of nitrogens with zero attached hydrogens (tertiary/aromatic N) is 3. The lowest BCUT2D eigenvalue weighted by atomic mass is 10.1. The Morgan fingerprint density at radius 1 is 0.885 bits per heavy atom. The van der Waals surface area contributed by atoms with Crippen LogP contribution in [-0.2, 0) is 11.3 Å². The second-order valence-corrected chi connectivity index (χ2v) is 7.44. The molecular weight excluding hydrogens is 346 g/mol. The van der Waals surface area contributed by atoms with Crippen molar-refractivity contribution in [2.75, 3.05) is 42.5 Å². The first-order valence-corrected chi connectivity index (χ1v) is 9.70. The lowest BCUT2D eigenvalue weighted by Gasteiger charge is -2.38. The monoisotopic (exact) mass is 369 g/mol. The maximum atomic E-state index is 12.9. The summed E-state index contributed by atoms with van der Waals surface area (Å²) in [6.45, 7) is 4.89. The number of carbonyl (C=O) groups is 1. The largest absolute Gasteiger partial charge is 0.364 e. The molecule has 0 N–H and O–H groups in total. The lowest BCUT2D eigenvalue weighted by Crippen LogP contribution is -2.47. The van der Waals surface area contributed by atoms with Gasteiger partial charge in [-0.15, -0.1) is 0 Å². The first kappa shape index (κ1) is 17.4. The molecule has 2 aliphatic heterocycles. The Balaban J connectivity index is 1.54. The Hall–Kier alpha value is -2.04. The van der Waals surface area contributed by atoms with Crippen molar-refractivity contribution in [3.8, 4) is 0 Å². The molecule has 26 heavy (non-hydrogen) atoms. The second-order valence-electron chi connectivity index (χ2n) is 7.03. The van der Waals surface area contributed by atoms with Crippen molar-refractivity contribution in [3.05, 3.63) is 59.1 Å². The molecule has 0 bridgehead atoms. The van der Waals surface area contributed by atoms with Crippen LogP contribution in [0.1, 0.15) is 18.4 Å². The lowest BCUT2D eigenvalue weighted by molar-refractivity contribution is -0.119. The molecule has 2 aromatic rings. The number of hydrogen-bond acceptors (Lipinski definition) is 3. The van der Waals surface area contributed by atoms with E-state index in [9.17, 15) is 4.79 Å². The number of benzene rings is 2. The Kier molecular flexibility index (Phi) is 5.14. The van der Waals surface area contributed by atoms with Crippen LogP contribution in [0.2, 0.25) is 5.02 Å². The number of anilines is 2. The van der Waals surface area contributed by atoms with Gasteiger partial charge in [0.25, 0.3) is 0 Å². The van der Waals surface area contributed by atoms with E-state index in [4.69, 9.17) is 11.6 Å². The van der Waals surface area contributed by atoms with E-state index in [0.717, 1.165) is 48.1 Å². The van der Waals surface area contributed by atoms with Gasteiger partial charge in [-0.05, 0) is 49.7 Å². The molecule has 1 fully saturated rings. The maximum absolute atomic E-state index is 12.9. The second kappa shape index (κ2) is 7.68. The van der Waals surface area contributed by atoms with E-state index in [1.165, 1.54) is 12.8 Å². The van der Waals surface area contributed by atoms with Crippen LogP contribution >= 0.6 is 11.6 Å². The topological polar surface area (TPSA) is 26.8 Å². The van der Waals surface area contributed by atoms with Gasteiger partial charge in [-0.3, -0.25) is 9.69 Å². The van der Waals surface area contributed by atoms with Crippen LogP contribution in [0.3, 0.4) is 0 Å². The van der Waals surface area contributed by atoms with Crippen LogP contribution in [0.15, 0.2) is 48.5 Å². The normalized spacial score (nSPS) is 17.4. The zero-order valence-corrected chi connectivity index (χ0v) is 15.7. The summed E-state index contributed by atoms with van der Waals surface area (Å²) in [6.07, 6.45) is 2.41. The molecule has 0 unspecified atom stereocenters. The summed E-state index contributed by atoms with van der Waals surface area (Å²) in [5.41, 5.74) is 3.23. The highest BCUT2D eigenvalue weighted by Gasteiger charge is 2.28. The first-order chi connectivity index (χ1) is 12.7. The average Bonchev–Trinajstić information content (AvgIpc) is 3.16. The van der Waals surface area contributed by atoms with E-state index < -0.39 is 0 Å². The molecule has 0 aromatic heterocycles. The first-order valence-electron chi connectivity index (χ1n) is 9.32. The molecular formula is C21H24ClN3O. The summed E-state index contributed by atoms with van der Waals surface area (Å²) in [4.78, 5) is 19.4. The zero-order valence-electron chi connectivity index (χ0n) is 14.9. The Bertz CT molecular complexity index is 788. The molecule has 5 heteroatoms. The minimum absolute atomic E-state index is 0.205. The standard InChI is InChI=1S/C21H24ClN3O/c22-18-8-2-1-7-17(18)15-24-13-14-25(20-10-4-3-9-19(20)24)21(26)16-23-11-5-6-12-23/h1-4,7-10H,5-6,11-16H2. The maximum Gasteiger partial charge on any atom is 0.241 e. The van der Waals surface area contributed by atoms with E-state index in [1.807, 2.05) is 35.2 Å².